The number of hydrogen-bond acceptors (Lipinski definition) is 5. The normalized spacial score (nSPS) is 14.3. The first-order chi connectivity index (χ1) is 15.5. The maximum absolute atomic E-state index is 12.4. The number of hydrogen-bond donors (Lipinski definition) is 0. The van der Waals surface area contributed by atoms with Gasteiger partial charge >= 0.3 is 5.97 Å². The smallest absolute Gasteiger partial charge is 0.363 e. The lowest BCUT2D eigenvalue weighted by Crippen LogP contribution is -2.05. The molecule has 32 heavy (non-hydrogen) atoms. The van der Waals surface area contributed by atoms with Crippen molar-refractivity contribution in [1.82, 2.24) is 0 Å². The third kappa shape index (κ3) is 5.11. The van der Waals surface area contributed by atoms with E-state index in [9.17, 15) is 4.79 Å². The van der Waals surface area contributed by atoms with Crippen molar-refractivity contribution in [2.75, 3.05) is 6.61 Å². The molecule has 0 saturated heterocycles. The molecule has 0 radical (unpaired) electrons. The van der Waals surface area contributed by atoms with E-state index in [1.54, 1.807) is 6.08 Å². The van der Waals surface area contributed by atoms with Crippen LogP contribution in [0.4, 0.5) is 0 Å². The molecular formula is C25H19Br2NO4. The molecule has 0 spiro atoms. The van der Waals surface area contributed by atoms with Crippen LogP contribution in [0.1, 0.15) is 23.6 Å². The lowest BCUT2D eigenvalue weighted by Gasteiger charge is -2.13. The van der Waals surface area contributed by atoms with Gasteiger partial charge in [0.2, 0.25) is 5.90 Å². The number of carbonyl (C=O) groups excluding carboxylic acids is 1. The van der Waals surface area contributed by atoms with E-state index in [2.05, 4.69) is 36.9 Å². The molecule has 1 aliphatic heterocycles. The molecule has 3 aromatic rings. The molecule has 0 fully saturated rings. The molecule has 0 unspecified atom stereocenters. The first-order valence-electron chi connectivity index (χ1n) is 9.95. The molecule has 0 aromatic heterocycles. The van der Waals surface area contributed by atoms with E-state index in [4.69, 9.17) is 14.2 Å². The zero-order valence-electron chi connectivity index (χ0n) is 17.2. The van der Waals surface area contributed by atoms with Crippen molar-refractivity contribution in [2.45, 2.75) is 13.5 Å². The van der Waals surface area contributed by atoms with Crippen molar-refractivity contribution < 1.29 is 19.0 Å². The van der Waals surface area contributed by atoms with E-state index in [-0.39, 0.29) is 11.6 Å². The number of rotatable bonds is 7. The van der Waals surface area contributed by atoms with Crippen molar-refractivity contribution in [3.05, 3.63) is 98.1 Å². The van der Waals surface area contributed by atoms with Crippen LogP contribution in [0.5, 0.6) is 11.5 Å². The first-order valence-corrected chi connectivity index (χ1v) is 11.5. The summed E-state index contributed by atoms with van der Waals surface area (Å²) in [7, 11) is 0. The van der Waals surface area contributed by atoms with Crippen LogP contribution >= 0.6 is 31.9 Å². The molecule has 0 amide bonds. The van der Waals surface area contributed by atoms with E-state index in [0.717, 1.165) is 25.6 Å². The first kappa shape index (κ1) is 22.3. The molecular weight excluding hydrogens is 538 g/mol. The number of esters is 1. The number of aliphatic imine (C=N–C) groups is 1. The summed E-state index contributed by atoms with van der Waals surface area (Å²) < 4.78 is 18.9. The molecule has 1 heterocycles. The van der Waals surface area contributed by atoms with Crippen molar-refractivity contribution in [3.63, 3.8) is 0 Å². The summed E-state index contributed by atoms with van der Waals surface area (Å²) in [4.78, 5) is 16.7. The summed E-state index contributed by atoms with van der Waals surface area (Å²) in [5.41, 5.74) is 2.73. The van der Waals surface area contributed by atoms with Crippen molar-refractivity contribution in [2.24, 2.45) is 4.99 Å². The highest BCUT2D eigenvalue weighted by atomic mass is 79.9. The fraction of sp³-hybridized carbons (Fsp3) is 0.120. The number of cyclic esters (lactones) is 1. The van der Waals surface area contributed by atoms with Gasteiger partial charge in [-0.2, -0.15) is 0 Å². The second-order valence-corrected chi connectivity index (χ2v) is 8.54. The van der Waals surface area contributed by atoms with Crippen molar-refractivity contribution in [3.8, 4) is 11.5 Å². The topological polar surface area (TPSA) is 57.1 Å². The Labute approximate surface area is 203 Å². The number of nitrogens with zero attached hydrogens (tertiary/aromatic N) is 1. The van der Waals surface area contributed by atoms with Crippen LogP contribution in [-0.2, 0) is 16.1 Å². The second kappa shape index (κ2) is 10.1. The molecule has 162 valence electrons. The average Bonchev–Trinajstić information content (AvgIpc) is 3.14. The number of ether oxygens (including phenoxy) is 3. The zero-order chi connectivity index (χ0) is 22.5. The van der Waals surface area contributed by atoms with Gasteiger partial charge in [-0.3, -0.25) is 0 Å². The number of benzene rings is 3. The van der Waals surface area contributed by atoms with E-state index in [1.807, 2.05) is 73.7 Å². The highest BCUT2D eigenvalue weighted by molar-refractivity contribution is 9.10. The van der Waals surface area contributed by atoms with Gasteiger partial charge in [0.25, 0.3) is 0 Å². The molecule has 0 N–H and O–H groups in total. The third-order valence-electron chi connectivity index (χ3n) is 4.64. The Morgan fingerprint density at radius 3 is 2.44 bits per heavy atom. The molecule has 4 rings (SSSR count). The van der Waals surface area contributed by atoms with E-state index < -0.39 is 5.97 Å². The molecule has 0 bridgehead atoms. The summed E-state index contributed by atoms with van der Waals surface area (Å²) in [6.07, 6.45) is 1.67. The molecule has 5 nitrogen and oxygen atoms in total. The molecule has 0 aliphatic carbocycles. The SMILES string of the molecule is CCOc1cc(/C=C2\N=C(c3ccccc3Br)OC2=O)ccc1OCc1ccccc1Br. The van der Waals surface area contributed by atoms with Crippen molar-refractivity contribution in [1.29, 1.82) is 0 Å². The number of carbonyl (C=O) groups is 1. The van der Waals surface area contributed by atoms with Gasteiger partial charge in [-0.25, -0.2) is 9.79 Å². The Bertz CT molecular complexity index is 1220. The minimum Gasteiger partial charge on any atom is -0.490 e. The largest absolute Gasteiger partial charge is 0.490 e. The quantitative estimate of drug-likeness (QED) is 0.245. The minimum atomic E-state index is -0.497. The van der Waals surface area contributed by atoms with Crippen LogP contribution < -0.4 is 9.47 Å². The van der Waals surface area contributed by atoms with Gasteiger partial charge in [0.1, 0.15) is 6.61 Å². The van der Waals surface area contributed by atoms with Gasteiger partial charge in [0, 0.05) is 14.5 Å². The Morgan fingerprint density at radius 1 is 0.938 bits per heavy atom. The summed E-state index contributed by atoms with van der Waals surface area (Å²) in [5.74, 6) is 0.988. The summed E-state index contributed by atoms with van der Waals surface area (Å²) >= 11 is 6.99. The van der Waals surface area contributed by atoms with Gasteiger partial charge < -0.3 is 14.2 Å². The van der Waals surface area contributed by atoms with Crippen LogP contribution in [0.2, 0.25) is 0 Å². The van der Waals surface area contributed by atoms with Gasteiger partial charge in [-0.05, 0) is 64.8 Å². The van der Waals surface area contributed by atoms with E-state index in [1.165, 1.54) is 0 Å². The predicted octanol–water partition coefficient (Wildman–Crippen LogP) is 6.53. The fourth-order valence-corrected chi connectivity index (χ4v) is 3.94. The lowest BCUT2D eigenvalue weighted by molar-refractivity contribution is -0.129. The maximum atomic E-state index is 12.4. The minimum absolute atomic E-state index is 0.222. The summed E-state index contributed by atoms with van der Waals surface area (Å²) in [6.45, 7) is 2.79. The van der Waals surface area contributed by atoms with Gasteiger partial charge in [0.15, 0.2) is 17.2 Å². The molecule has 7 heteroatoms. The number of halogens is 2. The second-order valence-electron chi connectivity index (χ2n) is 6.84. The third-order valence-corrected chi connectivity index (χ3v) is 6.10. The zero-order valence-corrected chi connectivity index (χ0v) is 20.4. The van der Waals surface area contributed by atoms with Gasteiger partial charge in [0.05, 0.1) is 12.2 Å². The molecule has 0 saturated carbocycles. The monoisotopic (exact) mass is 555 g/mol. The van der Waals surface area contributed by atoms with Crippen LogP contribution in [0.3, 0.4) is 0 Å². The Balaban J connectivity index is 1.58. The van der Waals surface area contributed by atoms with Crippen LogP contribution in [-0.4, -0.2) is 18.5 Å². The summed E-state index contributed by atoms with van der Waals surface area (Å²) in [5, 5.41) is 0. The Hall–Kier alpha value is -2.90. The standard InChI is InChI=1S/C25H19Br2NO4/c1-2-30-23-14-16(11-12-22(23)31-15-17-7-3-5-9-19(17)26)13-21-25(29)32-24(28-21)18-8-4-6-10-20(18)27/h3-14H,2,15H2,1H3/b21-13-. The lowest BCUT2D eigenvalue weighted by atomic mass is 10.1. The van der Waals surface area contributed by atoms with Gasteiger partial charge in [-0.1, -0.05) is 52.3 Å². The highest BCUT2D eigenvalue weighted by Crippen LogP contribution is 2.32. The van der Waals surface area contributed by atoms with E-state index in [0.29, 0.717) is 24.7 Å². The molecule has 0 atom stereocenters. The molecule has 3 aromatic carbocycles. The van der Waals surface area contributed by atoms with Gasteiger partial charge in [-0.15, -0.1) is 0 Å². The molecule has 1 aliphatic rings. The van der Waals surface area contributed by atoms with Crippen LogP contribution in [0.15, 0.2) is 86.4 Å². The highest BCUT2D eigenvalue weighted by Gasteiger charge is 2.25. The summed E-state index contributed by atoms with van der Waals surface area (Å²) in [6, 6.07) is 20.8. The van der Waals surface area contributed by atoms with E-state index >= 15 is 0 Å². The fourth-order valence-electron chi connectivity index (χ4n) is 3.09. The van der Waals surface area contributed by atoms with Crippen LogP contribution in [0, 0.1) is 0 Å². The Kier molecular flexibility index (Phi) is 7.07. The average molecular weight is 557 g/mol. The van der Waals surface area contributed by atoms with Crippen molar-refractivity contribution >= 4 is 49.8 Å². The predicted molar refractivity (Wildman–Crippen MR) is 131 cm³/mol. The maximum Gasteiger partial charge on any atom is 0.363 e. The van der Waals surface area contributed by atoms with Crippen LogP contribution in [0.25, 0.3) is 6.08 Å². The Morgan fingerprint density at radius 2 is 1.69 bits per heavy atom.